The molecule has 1 aromatic carbocycles. The molecule has 30 heavy (non-hydrogen) atoms. The molecule has 0 fully saturated rings. The first-order chi connectivity index (χ1) is 14.5. The summed E-state index contributed by atoms with van der Waals surface area (Å²) in [6.45, 7) is 4.06. The van der Waals surface area contributed by atoms with Crippen LogP contribution in [0.1, 0.15) is 39.2 Å². The van der Waals surface area contributed by atoms with Crippen molar-refractivity contribution in [1.29, 1.82) is 0 Å². The lowest BCUT2D eigenvalue weighted by molar-refractivity contribution is 0.0958. The molecule has 7 nitrogen and oxygen atoms in total. The van der Waals surface area contributed by atoms with Crippen molar-refractivity contribution in [3.05, 3.63) is 58.5 Å². The molecule has 4 heterocycles. The summed E-state index contributed by atoms with van der Waals surface area (Å²) in [5, 5.41) is 7.02. The van der Waals surface area contributed by atoms with Crippen molar-refractivity contribution < 1.29 is 9.53 Å². The third-order valence-electron chi connectivity index (χ3n) is 5.97. The predicted octanol–water partition coefficient (Wildman–Crippen LogP) is 3.26. The highest BCUT2D eigenvalue weighted by atomic mass is 16.5. The third-order valence-corrected chi connectivity index (χ3v) is 5.97. The van der Waals surface area contributed by atoms with E-state index in [2.05, 4.69) is 34.4 Å². The van der Waals surface area contributed by atoms with Crippen molar-refractivity contribution in [2.75, 3.05) is 18.5 Å². The zero-order chi connectivity index (χ0) is 20.8. The van der Waals surface area contributed by atoms with Crippen LogP contribution < -0.4 is 10.2 Å². The van der Waals surface area contributed by atoms with Crippen LogP contribution in [0.5, 0.6) is 0 Å². The molecule has 7 heteroatoms. The van der Waals surface area contributed by atoms with Crippen LogP contribution in [0.4, 0.5) is 11.5 Å². The molecule has 0 atom stereocenters. The van der Waals surface area contributed by atoms with Gasteiger partial charge in [-0.15, -0.1) is 0 Å². The van der Waals surface area contributed by atoms with E-state index in [-0.39, 0.29) is 5.91 Å². The van der Waals surface area contributed by atoms with Crippen LogP contribution in [-0.4, -0.2) is 34.3 Å². The van der Waals surface area contributed by atoms with E-state index in [0.29, 0.717) is 18.9 Å². The van der Waals surface area contributed by atoms with E-state index in [1.165, 1.54) is 22.4 Å². The molecular formula is C23H25N5O2. The summed E-state index contributed by atoms with van der Waals surface area (Å²) in [6.07, 6.45) is 6.01. The second-order valence-corrected chi connectivity index (χ2v) is 7.99. The molecule has 2 aliphatic rings. The van der Waals surface area contributed by atoms with E-state index in [9.17, 15) is 4.79 Å². The van der Waals surface area contributed by atoms with Crippen LogP contribution in [0.3, 0.4) is 0 Å². The molecule has 0 unspecified atom stereocenters. The summed E-state index contributed by atoms with van der Waals surface area (Å²) in [5.74, 6) is 0.671. The van der Waals surface area contributed by atoms with E-state index in [0.717, 1.165) is 41.9 Å². The molecule has 0 radical (unpaired) electrons. The second-order valence-electron chi connectivity index (χ2n) is 7.99. The number of nitrogens with one attached hydrogen (secondary N) is 1. The van der Waals surface area contributed by atoms with Gasteiger partial charge in [-0.05, 0) is 60.2 Å². The minimum atomic E-state index is -0.175. The Bertz CT molecular complexity index is 1150. The lowest BCUT2D eigenvalue weighted by atomic mass is 9.93. The largest absolute Gasteiger partial charge is 0.372 e. The Morgan fingerprint density at radius 3 is 2.83 bits per heavy atom. The van der Waals surface area contributed by atoms with Gasteiger partial charge in [0, 0.05) is 43.7 Å². The maximum absolute atomic E-state index is 12.3. The summed E-state index contributed by atoms with van der Waals surface area (Å²) >= 11 is 0. The maximum Gasteiger partial charge on any atom is 0.269 e. The molecule has 154 valence electrons. The van der Waals surface area contributed by atoms with Gasteiger partial charge < -0.3 is 15.0 Å². The molecule has 1 amide bonds. The number of amides is 1. The normalized spacial score (nSPS) is 15.1. The van der Waals surface area contributed by atoms with Crippen LogP contribution >= 0.6 is 0 Å². The average Bonchev–Trinajstić information content (AvgIpc) is 3.40. The highest BCUT2D eigenvalue weighted by molar-refractivity contribution is 5.93. The van der Waals surface area contributed by atoms with Gasteiger partial charge >= 0.3 is 0 Å². The first-order valence-corrected chi connectivity index (χ1v) is 10.3. The van der Waals surface area contributed by atoms with E-state index in [4.69, 9.17) is 9.72 Å². The number of aromatic nitrogens is 3. The van der Waals surface area contributed by atoms with Crippen molar-refractivity contribution in [2.45, 2.75) is 33.0 Å². The number of rotatable bonds is 3. The Morgan fingerprint density at radius 2 is 2.07 bits per heavy atom. The minimum absolute atomic E-state index is 0.175. The van der Waals surface area contributed by atoms with E-state index in [1.54, 1.807) is 7.05 Å². The first kappa shape index (κ1) is 18.8. The topological polar surface area (TPSA) is 72.3 Å². The Morgan fingerprint density at radius 1 is 1.20 bits per heavy atom. The zero-order valence-electron chi connectivity index (χ0n) is 17.5. The minimum Gasteiger partial charge on any atom is -0.372 e. The maximum atomic E-state index is 12.3. The molecule has 3 aromatic rings. The monoisotopic (exact) mass is 403 g/mol. The number of pyridine rings is 1. The Labute approximate surface area is 175 Å². The van der Waals surface area contributed by atoms with Crippen LogP contribution in [0.2, 0.25) is 0 Å². The molecule has 0 spiro atoms. The Balaban J connectivity index is 1.63. The van der Waals surface area contributed by atoms with Gasteiger partial charge in [-0.25, -0.2) is 4.98 Å². The van der Waals surface area contributed by atoms with Gasteiger partial charge in [0.25, 0.3) is 5.91 Å². The first-order valence-electron chi connectivity index (χ1n) is 10.3. The number of benzene rings is 1. The van der Waals surface area contributed by atoms with Crippen LogP contribution in [0.25, 0.3) is 11.1 Å². The van der Waals surface area contributed by atoms with Crippen molar-refractivity contribution >= 4 is 17.4 Å². The van der Waals surface area contributed by atoms with E-state index in [1.807, 2.05) is 30.2 Å². The van der Waals surface area contributed by atoms with Gasteiger partial charge in [-0.3, -0.25) is 9.48 Å². The molecule has 1 N–H and O–H groups in total. The number of hydrogen-bond acceptors (Lipinski definition) is 5. The summed E-state index contributed by atoms with van der Waals surface area (Å²) in [7, 11) is 3.57. The summed E-state index contributed by atoms with van der Waals surface area (Å²) in [6, 6.07) is 6.38. The van der Waals surface area contributed by atoms with Crippen molar-refractivity contribution in [1.82, 2.24) is 20.1 Å². The molecule has 0 saturated heterocycles. The molecular weight excluding hydrogens is 378 g/mol. The average molecular weight is 403 g/mol. The number of carbonyl (C=O) groups excluding carboxylic acids is 1. The number of ether oxygens (including phenoxy) is 1. The number of carbonyl (C=O) groups is 1. The number of hydrogen-bond donors (Lipinski definition) is 1. The summed E-state index contributed by atoms with van der Waals surface area (Å²) in [4.78, 5) is 19.3. The predicted molar refractivity (Wildman–Crippen MR) is 115 cm³/mol. The Hall–Kier alpha value is -3.19. The number of nitrogens with zero attached hydrogens (tertiary/aromatic N) is 4. The number of aryl methyl sites for hydroxylation is 3. The SMILES string of the molecule is CNC(=O)c1cc2c(c(N3CCCc4cc(-c5cnn(C)c5)c(C)cc43)n1)COC2. The summed E-state index contributed by atoms with van der Waals surface area (Å²) < 4.78 is 7.53. The Kier molecular flexibility index (Phi) is 4.55. The highest BCUT2D eigenvalue weighted by Gasteiger charge is 2.28. The molecule has 2 aliphatic heterocycles. The smallest absolute Gasteiger partial charge is 0.269 e. The molecule has 0 aliphatic carbocycles. The molecule has 0 saturated carbocycles. The zero-order valence-corrected chi connectivity index (χ0v) is 17.5. The lowest BCUT2D eigenvalue weighted by Crippen LogP contribution is -2.28. The van der Waals surface area contributed by atoms with Gasteiger partial charge in [0.15, 0.2) is 0 Å². The van der Waals surface area contributed by atoms with Crippen molar-refractivity contribution in [3.8, 4) is 11.1 Å². The third kappa shape index (κ3) is 3.06. The highest BCUT2D eigenvalue weighted by Crippen LogP contribution is 2.40. The number of anilines is 2. The standard InChI is InChI=1S/C23H25N5O2/c1-14-7-21-15(8-18(14)17-10-25-27(3)11-17)5-4-6-28(21)22-19-13-30-12-16(19)9-20(26-22)23(29)24-2/h7-11H,4-6,12-13H2,1-3H3,(H,24,29). The second kappa shape index (κ2) is 7.25. The van der Waals surface area contributed by atoms with Gasteiger partial charge in [0.2, 0.25) is 0 Å². The quantitative estimate of drug-likeness (QED) is 0.727. The van der Waals surface area contributed by atoms with Crippen molar-refractivity contribution in [2.24, 2.45) is 7.05 Å². The fourth-order valence-corrected chi connectivity index (χ4v) is 4.45. The number of fused-ring (bicyclic) bond motifs is 2. The van der Waals surface area contributed by atoms with Crippen LogP contribution in [-0.2, 0) is 31.4 Å². The van der Waals surface area contributed by atoms with Crippen LogP contribution in [0.15, 0.2) is 30.6 Å². The lowest BCUT2D eigenvalue weighted by Gasteiger charge is -2.33. The fourth-order valence-electron chi connectivity index (χ4n) is 4.45. The van der Waals surface area contributed by atoms with Gasteiger partial charge in [0.1, 0.15) is 11.5 Å². The van der Waals surface area contributed by atoms with E-state index < -0.39 is 0 Å². The molecule has 5 rings (SSSR count). The van der Waals surface area contributed by atoms with Gasteiger partial charge in [0.05, 0.1) is 19.4 Å². The molecule has 2 aromatic heterocycles. The summed E-state index contributed by atoms with van der Waals surface area (Å²) in [5.41, 5.74) is 8.58. The van der Waals surface area contributed by atoms with Gasteiger partial charge in [-0.1, -0.05) is 0 Å². The van der Waals surface area contributed by atoms with Gasteiger partial charge in [-0.2, -0.15) is 5.10 Å². The molecule has 0 bridgehead atoms. The van der Waals surface area contributed by atoms with Crippen LogP contribution in [0, 0.1) is 6.92 Å². The van der Waals surface area contributed by atoms with E-state index >= 15 is 0 Å². The fraction of sp³-hybridized carbons (Fsp3) is 0.348. The van der Waals surface area contributed by atoms with Crippen molar-refractivity contribution in [3.63, 3.8) is 0 Å².